The molecule has 2 aromatic rings. The van der Waals surface area contributed by atoms with Crippen molar-refractivity contribution in [3.8, 4) is 0 Å². The first kappa shape index (κ1) is 16.0. The Morgan fingerprint density at radius 3 is 2.91 bits per heavy atom. The molecule has 1 aliphatic carbocycles. The number of H-pyrrole nitrogens is 1. The highest BCUT2D eigenvalue weighted by Crippen LogP contribution is 2.38. The summed E-state index contributed by atoms with van der Waals surface area (Å²) in [6, 6.07) is 0. The summed E-state index contributed by atoms with van der Waals surface area (Å²) in [6.07, 6.45) is 5.25. The number of amides is 1. The molecule has 8 heteroatoms. The maximum Gasteiger partial charge on any atom is 0.341 e. The molecule has 0 atom stereocenters. The Bertz CT molecular complexity index is 753. The van der Waals surface area contributed by atoms with Crippen molar-refractivity contribution in [1.29, 1.82) is 0 Å². The van der Waals surface area contributed by atoms with Crippen molar-refractivity contribution in [2.75, 3.05) is 11.9 Å². The van der Waals surface area contributed by atoms with Gasteiger partial charge >= 0.3 is 5.97 Å². The van der Waals surface area contributed by atoms with Crippen LogP contribution in [-0.4, -0.2) is 28.7 Å². The van der Waals surface area contributed by atoms with Crippen LogP contribution in [0.25, 0.3) is 0 Å². The Balaban J connectivity index is 1.95. The molecule has 0 bridgehead atoms. The van der Waals surface area contributed by atoms with Crippen molar-refractivity contribution in [3.63, 3.8) is 0 Å². The first-order chi connectivity index (χ1) is 11.1. The number of carbonyl (C=O) groups excluding carboxylic acids is 2. The van der Waals surface area contributed by atoms with E-state index in [0.29, 0.717) is 17.2 Å². The molecule has 23 heavy (non-hydrogen) atoms. The third-order valence-electron chi connectivity index (χ3n) is 3.70. The molecule has 0 fully saturated rings. The van der Waals surface area contributed by atoms with Gasteiger partial charge in [-0.3, -0.25) is 9.89 Å². The molecule has 2 heterocycles. The number of esters is 1. The summed E-state index contributed by atoms with van der Waals surface area (Å²) < 4.78 is 5.16. The summed E-state index contributed by atoms with van der Waals surface area (Å²) in [6.45, 7) is 2.06. The Hall–Kier alpha value is -1.86. The number of ether oxygens (including phenoxy) is 1. The highest BCUT2D eigenvalue weighted by Gasteiger charge is 2.28. The lowest BCUT2D eigenvalue weighted by Gasteiger charge is -2.12. The maximum atomic E-state index is 12.3. The molecule has 0 aromatic carbocycles. The fourth-order valence-electron chi connectivity index (χ4n) is 2.67. The maximum absolute atomic E-state index is 12.3. The molecule has 0 saturated heterocycles. The first-order valence-corrected chi connectivity index (χ1v) is 8.63. The van der Waals surface area contributed by atoms with Crippen molar-refractivity contribution in [1.82, 2.24) is 10.2 Å². The molecule has 0 radical (unpaired) electrons. The van der Waals surface area contributed by atoms with E-state index in [1.165, 1.54) is 17.5 Å². The lowest BCUT2D eigenvalue weighted by atomic mass is 9.95. The standard InChI is InChI=1S/C15H16ClN3O3S/c1-2-22-15(21)11-8-5-3-4-6-10(8)23-14(11)18-13(20)12-9(16)7-17-19-12/h7H,2-6H2,1H3,(H,17,19)(H,18,20). The van der Waals surface area contributed by atoms with Crippen LogP contribution in [0.2, 0.25) is 5.02 Å². The third-order valence-corrected chi connectivity index (χ3v) is 5.19. The Labute approximate surface area is 142 Å². The summed E-state index contributed by atoms with van der Waals surface area (Å²) in [5.41, 5.74) is 1.66. The average molecular weight is 354 g/mol. The fourth-order valence-corrected chi connectivity index (χ4v) is 4.12. The SMILES string of the molecule is CCOC(=O)c1c(NC(=O)c2[nH]ncc2Cl)sc2c1CCCC2. The van der Waals surface area contributed by atoms with E-state index in [1.54, 1.807) is 6.92 Å². The van der Waals surface area contributed by atoms with Crippen LogP contribution in [0.3, 0.4) is 0 Å². The molecule has 0 saturated carbocycles. The Morgan fingerprint density at radius 2 is 2.22 bits per heavy atom. The van der Waals surface area contributed by atoms with Gasteiger partial charge in [0.15, 0.2) is 0 Å². The van der Waals surface area contributed by atoms with Gasteiger partial charge in [-0.2, -0.15) is 5.10 Å². The van der Waals surface area contributed by atoms with Crippen LogP contribution in [0, 0.1) is 0 Å². The quantitative estimate of drug-likeness (QED) is 0.825. The molecule has 2 aromatic heterocycles. The molecule has 2 N–H and O–H groups in total. The van der Waals surface area contributed by atoms with Crippen molar-refractivity contribution < 1.29 is 14.3 Å². The predicted octanol–water partition coefficient (Wildman–Crippen LogP) is 3.43. The summed E-state index contributed by atoms with van der Waals surface area (Å²) in [5, 5.41) is 9.82. The van der Waals surface area contributed by atoms with E-state index in [9.17, 15) is 9.59 Å². The third kappa shape index (κ3) is 3.11. The minimum atomic E-state index is -0.420. The molecular weight excluding hydrogens is 338 g/mol. The highest BCUT2D eigenvalue weighted by atomic mass is 35.5. The van der Waals surface area contributed by atoms with Crippen LogP contribution < -0.4 is 5.32 Å². The molecule has 1 aliphatic rings. The second-order valence-electron chi connectivity index (χ2n) is 5.18. The monoisotopic (exact) mass is 353 g/mol. The number of carbonyl (C=O) groups is 2. The van der Waals surface area contributed by atoms with Crippen LogP contribution in [0.1, 0.15) is 51.1 Å². The minimum absolute atomic E-state index is 0.174. The van der Waals surface area contributed by atoms with Crippen molar-refractivity contribution in [2.24, 2.45) is 0 Å². The summed E-state index contributed by atoms with van der Waals surface area (Å²) in [7, 11) is 0. The van der Waals surface area contributed by atoms with Crippen LogP contribution in [0.4, 0.5) is 5.00 Å². The molecule has 6 nitrogen and oxygen atoms in total. The van der Waals surface area contributed by atoms with Gasteiger partial charge in [0.2, 0.25) is 0 Å². The van der Waals surface area contributed by atoms with Crippen molar-refractivity contribution in [2.45, 2.75) is 32.6 Å². The number of hydrogen-bond donors (Lipinski definition) is 2. The second kappa shape index (κ2) is 6.72. The molecule has 0 aliphatic heterocycles. The number of nitrogens with zero attached hydrogens (tertiary/aromatic N) is 1. The van der Waals surface area contributed by atoms with E-state index in [4.69, 9.17) is 16.3 Å². The van der Waals surface area contributed by atoms with E-state index in [0.717, 1.165) is 36.1 Å². The molecular formula is C15H16ClN3O3S. The van der Waals surface area contributed by atoms with Gasteiger partial charge < -0.3 is 10.1 Å². The van der Waals surface area contributed by atoms with Gasteiger partial charge in [-0.15, -0.1) is 11.3 Å². The fraction of sp³-hybridized carbons (Fsp3) is 0.400. The summed E-state index contributed by atoms with van der Waals surface area (Å²) in [4.78, 5) is 25.8. The second-order valence-corrected chi connectivity index (χ2v) is 6.69. The predicted molar refractivity (Wildman–Crippen MR) is 88.5 cm³/mol. The number of halogens is 1. The van der Waals surface area contributed by atoms with E-state index in [1.807, 2.05) is 0 Å². The molecule has 3 rings (SSSR count). The van der Waals surface area contributed by atoms with Gasteiger partial charge in [0.05, 0.1) is 23.4 Å². The van der Waals surface area contributed by atoms with Gasteiger partial charge in [0, 0.05) is 4.88 Å². The number of hydrogen-bond acceptors (Lipinski definition) is 5. The number of anilines is 1. The van der Waals surface area contributed by atoms with Gasteiger partial charge in [0.1, 0.15) is 10.7 Å². The smallest absolute Gasteiger partial charge is 0.341 e. The van der Waals surface area contributed by atoms with Crippen molar-refractivity contribution in [3.05, 3.63) is 32.9 Å². The van der Waals surface area contributed by atoms with E-state index in [2.05, 4.69) is 15.5 Å². The minimum Gasteiger partial charge on any atom is -0.462 e. The van der Waals surface area contributed by atoms with Crippen molar-refractivity contribution >= 4 is 39.8 Å². The lowest BCUT2D eigenvalue weighted by molar-refractivity contribution is 0.0526. The largest absolute Gasteiger partial charge is 0.462 e. The van der Waals surface area contributed by atoms with Gasteiger partial charge in [-0.05, 0) is 38.2 Å². The van der Waals surface area contributed by atoms with Crippen LogP contribution in [0.5, 0.6) is 0 Å². The molecule has 0 unspecified atom stereocenters. The number of rotatable bonds is 4. The Kier molecular flexibility index (Phi) is 4.68. The zero-order valence-electron chi connectivity index (χ0n) is 12.6. The summed E-state index contributed by atoms with van der Waals surface area (Å²) >= 11 is 7.35. The van der Waals surface area contributed by atoms with E-state index < -0.39 is 11.9 Å². The lowest BCUT2D eigenvalue weighted by Crippen LogP contribution is -2.16. The number of fused-ring (bicyclic) bond motifs is 1. The van der Waals surface area contributed by atoms with Gasteiger partial charge in [-0.25, -0.2) is 4.79 Å². The highest BCUT2D eigenvalue weighted by molar-refractivity contribution is 7.17. The van der Waals surface area contributed by atoms with E-state index in [-0.39, 0.29) is 10.7 Å². The zero-order chi connectivity index (χ0) is 16.4. The number of nitrogens with one attached hydrogen (secondary N) is 2. The normalized spacial score (nSPS) is 13.5. The van der Waals surface area contributed by atoms with Crippen LogP contribution in [0.15, 0.2) is 6.20 Å². The zero-order valence-corrected chi connectivity index (χ0v) is 14.1. The summed E-state index contributed by atoms with van der Waals surface area (Å²) in [5.74, 6) is -0.811. The average Bonchev–Trinajstić information content (AvgIpc) is 3.10. The molecule has 122 valence electrons. The van der Waals surface area contributed by atoms with Crippen LogP contribution >= 0.6 is 22.9 Å². The Morgan fingerprint density at radius 1 is 1.43 bits per heavy atom. The van der Waals surface area contributed by atoms with Crippen LogP contribution in [-0.2, 0) is 17.6 Å². The topological polar surface area (TPSA) is 84.1 Å². The van der Waals surface area contributed by atoms with E-state index >= 15 is 0 Å². The number of aromatic nitrogens is 2. The number of aromatic amines is 1. The molecule has 1 amide bonds. The molecule has 0 spiro atoms. The number of aryl methyl sites for hydroxylation is 1. The number of thiophene rings is 1. The van der Waals surface area contributed by atoms with Gasteiger partial charge in [0.25, 0.3) is 5.91 Å². The van der Waals surface area contributed by atoms with Gasteiger partial charge in [-0.1, -0.05) is 11.6 Å². The first-order valence-electron chi connectivity index (χ1n) is 7.43.